The summed E-state index contributed by atoms with van der Waals surface area (Å²) in [4.78, 5) is 2.77. The maximum atomic E-state index is 12.1. The van der Waals surface area contributed by atoms with E-state index in [4.69, 9.17) is 5.73 Å². The van der Waals surface area contributed by atoms with Crippen LogP contribution in [0.15, 0.2) is 29.2 Å². The van der Waals surface area contributed by atoms with Crippen molar-refractivity contribution in [1.82, 2.24) is 0 Å². The minimum Gasteiger partial charge on any atom is -0.369 e. The number of hydrogen-bond acceptors (Lipinski definition) is 4. The Morgan fingerprint density at radius 3 is 2.48 bits per heavy atom. The Kier molecular flexibility index (Phi) is 5.27. The molecule has 0 spiro atoms. The molecule has 2 N–H and O–H groups in total. The third kappa shape index (κ3) is 3.77. The summed E-state index contributed by atoms with van der Waals surface area (Å²) in [5.74, 6) is 0.742. The first-order valence-electron chi connectivity index (χ1n) is 7.77. The van der Waals surface area contributed by atoms with E-state index in [-0.39, 0.29) is 5.75 Å². The van der Waals surface area contributed by atoms with E-state index >= 15 is 0 Å². The van der Waals surface area contributed by atoms with Crippen molar-refractivity contribution in [3.63, 3.8) is 0 Å². The van der Waals surface area contributed by atoms with Crippen LogP contribution in [0.1, 0.15) is 33.1 Å². The lowest BCUT2D eigenvalue weighted by molar-refractivity contribution is 0.374. The minimum atomic E-state index is -3.13. The molecule has 1 fully saturated rings. The molecule has 0 aliphatic carbocycles. The van der Waals surface area contributed by atoms with Crippen LogP contribution in [0.3, 0.4) is 0 Å². The van der Waals surface area contributed by atoms with Crippen molar-refractivity contribution in [2.24, 2.45) is 11.7 Å². The highest BCUT2D eigenvalue weighted by molar-refractivity contribution is 7.91. The maximum Gasteiger partial charge on any atom is 0.178 e. The Bertz CT molecular complexity index is 554. The number of piperidine rings is 1. The van der Waals surface area contributed by atoms with Crippen molar-refractivity contribution < 1.29 is 8.42 Å². The zero-order valence-electron chi connectivity index (χ0n) is 13.0. The standard InChI is InChI=1S/C16H26N2O2S/c1-3-10-21(19,20)16-8-6-15(7-9-16)18-12-14(11-17)5-4-13(18)2/h6-9,13-14H,3-5,10-12,17H2,1-2H3. The fourth-order valence-corrected chi connectivity index (χ4v) is 4.29. The molecular weight excluding hydrogens is 284 g/mol. The molecule has 5 heteroatoms. The van der Waals surface area contributed by atoms with E-state index in [1.807, 2.05) is 19.1 Å². The van der Waals surface area contributed by atoms with Crippen LogP contribution in [0, 0.1) is 5.92 Å². The number of nitrogens with zero attached hydrogens (tertiary/aromatic N) is 1. The molecule has 118 valence electrons. The van der Waals surface area contributed by atoms with Crippen LogP contribution < -0.4 is 10.6 Å². The van der Waals surface area contributed by atoms with Crippen LogP contribution in [0.25, 0.3) is 0 Å². The molecule has 2 atom stereocenters. The topological polar surface area (TPSA) is 63.4 Å². The molecule has 1 aliphatic rings. The van der Waals surface area contributed by atoms with Crippen LogP contribution in [0.5, 0.6) is 0 Å². The second kappa shape index (κ2) is 6.79. The van der Waals surface area contributed by atoms with Gasteiger partial charge in [0, 0.05) is 18.3 Å². The fourth-order valence-electron chi connectivity index (χ4n) is 2.97. The molecule has 2 unspecified atom stereocenters. The van der Waals surface area contributed by atoms with Gasteiger partial charge in [-0.15, -0.1) is 0 Å². The van der Waals surface area contributed by atoms with Gasteiger partial charge in [-0.2, -0.15) is 0 Å². The number of hydrogen-bond donors (Lipinski definition) is 1. The van der Waals surface area contributed by atoms with Gasteiger partial charge in [0.05, 0.1) is 10.6 Å². The first kappa shape index (κ1) is 16.3. The van der Waals surface area contributed by atoms with Gasteiger partial charge in [-0.1, -0.05) is 6.92 Å². The quantitative estimate of drug-likeness (QED) is 0.907. The lowest BCUT2D eigenvalue weighted by Crippen LogP contribution is -2.43. The van der Waals surface area contributed by atoms with Crippen LogP contribution in [-0.4, -0.2) is 33.3 Å². The maximum absolute atomic E-state index is 12.1. The highest BCUT2D eigenvalue weighted by Gasteiger charge is 2.25. The average Bonchev–Trinajstić information content (AvgIpc) is 2.48. The fraction of sp³-hybridized carbons (Fsp3) is 0.625. The SMILES string of the molecule is CCCS(=O)(=O)c1ccc(N2CC(CN)CCC2C)cc1. The lowest BCUT2D eigenvalue weighted by atomic mass is 9.93. The van der Waals surface area contributed by atoms with Gasteiger partial charge < -0.3 is 10.6 Å². The van der Waals surface area contributed by atoms with Crippen LogP contribution in [0.4, 0.5) is 5.69 Å². The van der Waals surface area contributed by atoms with Gasteiger partial charge in [-0.25, -0.2) is 8.42 Å². The Morgan fingerprint density at radius 2 is 1.90 bits per heavy atom. The first-order valence-corrected chi connectivity index (χ1v) is 9.42. The summed E-state index contributed by atoms with van der Waals surface area (Å²) in [5.41, 5.74) is 6.89. The minimum absolute atomic E-state index is 0.210. The van der Waals surface area contributed by atoms with Crippen molar-refractivity contribution in [1.29, 1.82) is 0 Å². The molecule has 1 aromatic carbocycles. The zero-order valence-corrected chi connectivity index (χ0v) is 13.8. The predicted molar refractivity (Wildman–Crippen MR) is 87.4 cm³/mol. The Balaban J connectivity index is 2.18. The van der Waals surface area contributed by atoms with Gasteiger partial charge in [0.1, 0.15) is 0 Å². The van der Waals surface area contributed by atoms with Gasteiger partial charge in [0.25, 0.3) is 0 Å². The van der Waals surface area contributed by atoms with Crippen molar-refractivity contribution in [3.05, 3.63) is 24.3 Å². The number of nitrogens with two attached hydrogens (primary N) is 1. The van der Waals surface area contributed by atoms with E-state index in [0.717, 1.165) is 18.7 Å². The Morgan fingerprint density at radius 1 is 1.24 bits per heavy atom. The summed E-state index contributed by atoms with van der Waals surface area (Å²) in [6.07, 6.45) is 2.96. The molecule has 1 aliphatic heterocycles. The average molecular weight is 310 g/mol. The Hall–Kier alpha value is -1.07. The van der Waals surface area contributed by atoms with Gasteiger partial charge in [-0.3, -0.25) is 0 Å². The molecular formula is C16H26N2O2S. The number of sulfone groups is 1. The van der Waals surface area contributed by atoms with E-state index in [1.54, 1.807) is 12.1 Å². The van der Waals surface area contributed by atoms with E-state index in [9.17, 15) is 8.42 Å². The van der Waals surface area contributed by atoms with Gasteiger partial charge in [0.2, 0.25) is 0 Å². The molecule has 0 radical (unpaired) electrons. The van der Waals surface area contributed by atoms with E-state index in [0.29, 0.717) is 29.8 Å². The van der Waals surface area contributed by atoms with Gasteiger partial charge in [0.15, 0.2) is 9.84 Å². The summed E-state index contributed by atoms with van der Waals surface area (Å²) in [7, 11) is -3.13. The number of rotatable bonds is 5. The second-order valence-corrected chi connectivity index (χ2v) is 8.10. The summed E-state index contributed by atoms with van der Waals surface area (Å²) in [6.45, 7) is 5.77. The predicted octanol–water partition coefficient (Wildman–Crippen LogP) is 2.43. The summed E-state index contributed by atoms with van der Waals surface area (Å²) in [5, 5.41) is 0. The third-order valence-corrected chi connectivity index (χ3v) is 6.25. The summed E-state index contributed by atoms with van der Waals surface area (Å²) in [6, 6.07) is 7.81. The van der Waals surface area contributed by atoms with Crippen molar-refractivity contribution in [2.45, 2.75) is 44.0 Å². The molecule has 21 heavy (non-hydrogen) atoms. The lowest BCUT2D eigenvalue weighted by Gasteiger charge is -2.39. The number of anilines is 1. The smallest absolute Gasteiger partial charge is 0.178 e. The highest BCUT2D eigenvalue weighted by Crippen LogP contribution is 2.28. The molecule has 1 heterocycles. The molecule has 0 amide bonds. The molecule has 1 saturated heterocycles. The van der Waals surface area contributed by atoms with E-state index < -0.39 is 9.84 Å². The van der Waals surface area contributed by atoms with Crippen molar-refractivity contribution in [2.75, 3.05) is 23.7 Å². The van der Waals surface area contributed by atoms with Crippen LogP contribution in [-0.2, 0) is 9.84 Å². The zero-order chi connectivity index (χ0) is 15.5. The molecule has 0 saturated carbocycles. The first-order chi connectivity index (χ1) is 9.97. The van der Waals surface area contributed by atoms with Crippen molar-refractivity contribution >= 4 is 15.5 Å². The third-order valence-electron chi connectivity index (χ3n) is 4.31. The molecule has 4 nitrogen and oxygen atoms in total. The number of benzene rings is 1. The molecule has 0 aromatic heterocycles. The summed E-state index contributed by atoms with van der Waals surface area (Å²) >= 11 is 0. The largest absolute Gasteiger partial charge is 0.369 e. The van der Waals surface area contributed by atoms with Crippen LogP contribution in [0.2, 0.25) is 0 Å². The molecule has 2 rings (SSSR count). The van der Waals surface area contributed by atoms with E-state index in [2.05, 4.69) is 11.8 Å². The summed E-state index contributed by atoms with van der Waals surface area (Å²) < 4.78 is 24.1. The Labute approximate surface area is 128 Å². The van der Waals surface area contributed by atoms with Crippen LogP contribution >= 0.6 is 0 Å². The normalized spacial score (nSPS) is 23.3. The van der Waals surface area contributed by atoms with Crippen molar-refractivity contribution in [3.8, 4) is 0 Å². The van der Waals surface area contributed by atoms with Gasteiger partial charge >= 0.3 is 0 Å². The molecule has 0 bridgehead atoms. The highest BCUT2D eigenvalue weighted by atomic mass is 32.2. The molecule has 1 aromatic rings. The second-order valence-electron chi connectivity index (χ2n) is 5.99. The monoisotopic (exact) mass is 310 g/mol. The van der Waals surface area contributed by atoms with Gasteiger partial charge in [-0.05, 0) is 62.9 Å². The van der Waals surface area contributed by atoms with E-state index in [1.165, 1.54) is 6.42 Å².